The fourth-order valence-electron chi connectivity index (χ4n) is 4.40. The topological polar surface area (TPSA) is 0 Å². The Morgan fingerprint density at radius 1 is 1.23 bits per heavy atom. The number of rotatable bonds is 0. The average Bonchev–Trinajstić information content (AvgIpc) is 2.70. The Balaban J connectivity index is 1.93. The first-order valence-electron chi connectivity index (χ1n) is 5.94. The molecule has 5 unspecified atom stereocenters. The summed E-state index contributed by atoms with van der Waals surface area (Å²) in [5, 5.41) is 0. The van der Waals surface area contributed by atoms with Crippen molar-refractivity contribution in [3.8, 4) is 0 Å². The van der Waals surface area contributed by atoms with Gasteiger partial charge < -0.3 is 0 Å². The molecule has 0 aromatic rings. The van der Waals surface area contributed by atoms with Crippen molar-refractivity contribution in [1.29, 1.82) is 0 Å². The minimum Gasteiger partial charge on any atom is -0.0850 e. The molecule has 3 rings (SSSR count). The predicted octanol–water partition coefficient (Wildman–Crippen LogP) is 3.63. The molecule has 5 atom stereocenters. The van der Waals surface area contributed by atoms with Gasteiger partial charge in [0.2, 0.25) is 0 Å². The maximum Gasteiger partial charge on any atom is -0.0201 e. The minimum absolute atomic E-state index is 0.897. The molecule has 13 heavy (non-hydrogen) atoms. The van der Waals surface area contributed by atoms with E-state index in [1.54, 1.807) is 24.8 Å². The Hall–Kier alpha value is -0.260. The summed E-state index contributed by atoms with van der Waals surface area (Å²) in [4.78, 5) is 0. The van der Waals surface area contributed by atoms with Crippen LogP contribution in [0.1, 0.15) is 39.5 Å². The predicted molar refractivity (Wildman–Crippen MR) is 55.3 cm³/mol. The van der Waals surface area contributed by atoms with Crippen LogP contribution in [0.4, 0.5) is 0 Å². The average molecular weight is 176 g/mol. The quantitative estimate of drug-likeness (QED) is 0.494. The normalized spacial score (nSPS) is 53.4. The van der Waals surface area contributed by atoms with Gasteiger partial charge in [0, 0.05) is 0 Å². The smallest absolute Gasteiger partial charge is 0.0201 e. The molecule has 0 aromatic heterocycles. The fraction of sp³-hybridized carbons (Fsp3) is 0.846. The van der Waals surface area contributed by atoms with Crippen LogP contribution in [0.2, 0.25) is 0 Å². The van der Waals surface area contributed by atoms with E-state index in [4.69, 9.17) is 0 Å². The van der Waals surface area contributed by atoms with Crippen molar-refractivity contribution in [2.75, 3.05) is 0 Å². The highest BCUT2D eigenvalue weighted by atomic mass is 14.5. The zero-order valence-electron chi connectivity index (χ0n) is 8.79. The lowest BCUT2D eigenvalue weighted by atomic mass is 9.66. The number of hydrogen-bond donors (Lipinski definition) is 0. The van der Waals surface area contributed by atoms with Crippen molar-refractivity contribution in [3.05, 3.63) is 11.6 Å². The van der Waals surface area contributed by atoms with E-state index in [9.17, 15) is 0 Å². The lowest BCUT2D eigenvalue weighted by Crippen LogP contribution is -2.31. The van der Waals surface area contributed by atoms with Gasteiger partial charge in [-0.2, -0.15) is 0 Å². The second kappa shape index (κ2) is 2.62. The molecule has 0 nitrogen and oxygen atoms in total. The molecule has 0 heterocycles. The molecular weight excluding hydrogens is 156 g/mol. The molecule has 0 radical (unpaired) electrons. The molecule has 0 heteroatoms. The molecule has 2 saturated carbocycles. The highest BCUT2D eigenvalue weighted by Gasteiger charge is 2.50. The van der Waals surface area contributed by atoms with E-state index < -0.39 is 0 Å². The molecule has 0 N–H and O–H groups in total. The van der Waals surface area contributed by atoms with Gasteiger partial charge in [-0.3, -0.25) is 0 Å². The lowest BCUT2D eigenvalue weighted by molar-refractivity contribution is 0.164. The Morgan fingerprint density at radius 3 is 2.85 bits per heavy atom. The highest BCUT2D eigenvalue weighted by molar-refractivity contribution is 5.15. The van der Waals surface area contributed by atoms with Crippen LogP contribution in [0, 0.1) is 29.6 Å². The van der Waals surface area contributed by atoms with Gasteiger partial charge in [0.05, 0.1) is 0 Å². The van der Waals surface area contributed by atoms with Gasteiger partial charge in [-0.15, -0.1) is 0 Å². The summed E-state index contributed by atoms with van der Waals surface area (Å²) in [7, 11) is 0. The van der Waals surface area contributed by atoms with Gasteiger partial charge in [-0.1, -0.05) is 18.6 Å². The zero-order valence-corrected chi connectivity index (χ0v) is 8.79. The number of fused-ring (bicyclic) bond motifs is 5. The van der Waals surface area contributed by atoms with E-state index in [-0.39, 0.29) is 0 Å². The summed E-state index contributed by atoms with van der Waals surface area (Å²) in [6, 6.07) is 0. The standard InChI is InChI=1S/C13H20/c1-8-3-6-12-10-4-5-11(7-10)13(12)9(8)2/h3,9-13H,4-7H2,1-2H3. The monoisotopic (exact) mass is 176 g/mol. The van der Waals surface area contributed by atoms with E-state index in [0.717, 1.165) is 29.6 Å². The molecule has 0 aliphatic heterocycles. The van der Waals surface area contributed by atoms with E-state index in [2.05, 4.69) is 19.9 Å². The lowest BCUT2D eigenvalue weighted by Gasteiger charge is -2.39. The summed E-state index contributed by atoms with van der Waals surface area (Å²) < 4.78 is 0. The Morgan fingerprint density at radius 2 is 2.00 bits per heavy atom. The Labute approximate surface area is 81.4 Å². The molecule has 3 aliphatic rings. The second-order valence-electron chi connectivity index (χ2n) is 5.55. The summed E-state index contributed by atoms with van der Waals surface area (Å²) in [5.41, 5.74) is 1.67. The number of allylic oxidation sites excluding steroid dienone is 2. The zero-order chi connectivity index (χ0) is 9.00. The minimum atomic E-state index is 0.897. The van der Waals surface area contributed by atoms with E-state index in [1.165, 1.54) is 6.42 Å². The van der Waals surface area contributed by atoms with E-state index in [1.807, 2.05) is 0 Å². The first-order chi connectivity index (χ1) is 6.27. The third-order valence-corrected chi connectivity index (χ3v) is 5.17. The second-order valence-corrected chi connectivity index (χ2v) is 5.55. The van der Waals surface area contributed by atoms with Crippen LogP contribution in [0.5, 0.6) is 0 Å². The van der Waals surface area contributed by atoms with Gasteiger partial charge in [0.1, 0.15) is 0 Å². The first-order valence-corrected chi connectivity index (χ1v) is 5.94. The molecule has 0 aromatic carbocycles. The maximum absolute atomic E-state index is 2.52. The summed E-state index contributed by atoms with van der Waals surface area (Å²) >= 11 is 0. The van der Waals surface area contributed by atoms with Crippen LogP contribution in [-0.2, 0) is 0 Å². The van der Waals surface area contributed by atoms with Crippen LogP contribution in [0.15, 0.2) is 11.6 Å². The van der Waals surface area contributed by atoms with Crippen LogP contribution in [0.3, 0.4) is 0 Å². The summed E-state index contributed by atoms with van der Waals surface area (Å²) in [5.74, 6) is 5.27. The SMILES string of the molecule is CC1=CCC2C3CCC(C3)C2C1C. The van der Waals surface area contributed by atoms with Gasteiger partial charge in [-0.05, 0) is 62.2 Å². The molecule has 72 valence electrons. The largest absolute Gasteiger partial charge is 0.0850 e. The molecule has 2 fully saturated rings. The van der Waals surface area contributed by atoms with Crippen molar-refractivity contribution in [2.45, 2.75) is 39.5 Å². The Kier molecular flexibility index (Phi) is 1.63. The van der Waals surface area contributed by atoms with Crippen molar-refractivity contribution in [1.82, 2.24) is 0 Å². The molecule has 2 bridgehead atoms. The van der Waals surface area contributed by atoms with Crippen LogP contribution >= 0.6 is 0 Å². The Bertz CT molecular complexity index is 251. The van der Waals surface area contributed by atoms with Gasteiger partial charge >= 0.3 is 0 Å². The third-order valence-electron chi connectivity index (χ3n) is 5.17. The first kappa shape index (κ1) is 8.08. The molecule has 3 aliphatic carbocycles. The van der Waals surface area contributed by atoms with Crippen molar-refractivity contribution in [3.63, 3.8) is 0 Å². The van der Waals surface area contributed by atoms with Gasteiger partial charge in [-0.25, -0.2) is 0 Å². The fourth-order valence-corrected chi connectivity index (χ4v) is 4.40. The molecular formula is C13H20. The van der Waals surface area contributed by atoms with Crippen LogP contribution in [0.25, 0.3) is 0 Å². The molecule has 0 spiro atoms. The highest BCUT2D eigenvalue weighted by Crippen LogP contribution is 2.58. The van der Waals surface area contributed by atoms with Crippen molar-refractivity contribution >= 4 is 0 Å². The summed E-state index contributed by atoms with van der Waals surface area (Å²) in [6.45, 7) is 4.80. The van der Waals surface area contributed by atoms with E-state index >= 15 is 0 Å². The van der Waals surface area contributed by atoms with E-state index in [0.29, 0.717) is 0 Å². The van der Waals surface area contributed by atoms with Crippen LogP contribution in [-0.4, -0.2) is 0 Å². The van der Waals surface area contributed by atoms with Gasteiger partial charge in [0.15, 0.2) is 0 Å². The number of hydrogen-bond acceptors (Lipinski definition) is 0. The summed E-state index contributed by atoms with van der Waals surface area (Å²) in [6.07, 6.45) is 8.59. The van der Waals surface area contributed by atoms with Gasteiger partial charge in [0.25, 0.3) is 0 Å². The molecule has 0 amide bonds. The maximum atomic E-state index is 2.52. The van der Waals surface area contributed by atoms with Crippen LogP contribution < -0.4 is 0 Å². The van der Waals surface area contributed by atoms with Crippen molar-refractivity contribution < 1.29 is 0 Å². The van der Waals surface area contributed by atoms with Crippen molar-refractivity contribution in [2.24, 2.45) is 29.6 Å². The third kappa shape index (κ3) is 0.978. The molecule has 0 saturated heterocycles.